The average Bonchev–Trinajstić information content (AvgIpc) is 2.52. The van der Waals surface area contributed by atoms with Crippen molar-refractivity contribution in [3.63, 3.8) is 0 Å². The molecule has 0 unspecified atom stereocenters. The van der Waals surface area contributed by atoms with E-state index in [1.807, 2.05) is 0 Å². The highest BCUT2D eigenvalue weighted by Crippen LogP contribution is 2.07. The van der Waals surface area contributed by atoms with Crippen molar-refractivity contribution in [2.45, 2.75) is 6.42 Å². The number of ether oxygens (including phenoxy) is 1. The number of aromatic nitrogens is 2. The van der Waals surface area contributed by atoms with Gasteiger partial charge in [-0.3, -0.25) is 9.48 Å². The molecule has 6 nitrogen and oxygen atoms in total. The lowest BCUT2D eigenvalue weighted by molar-refractivity contribution is 0.0944. The molecule has 1 aromatic rings. The summed E-state index contributed by atoms with van der Waals surface area (Å²) < 4.78 is 6.37. The van der Waals surface area contributed by atoms with Crippen LogP contribution in [0.15, 0.2) is 6.20 Å². The lowest BCUT2D eigenvalue weighted by Crippen LogP contribution is -2.26. The van der Waals surface area contributed by atoms with Crippen LogP contribution in [-0.2, 0) is 11.8 Å². The van der Waals surface area contributed by atoms with Crippen molar-refractivity contribution in [3.8, 4) is 0 Å². The maximum absolute atomic E-state index is 11.5. The fourth-order valence-corrected chi connectivity index (χ4v) is 1.19. The minimum absolute atomic E-state index is 0.246. The third kappa shape index (κ3) is 3.25. The van der Waals surface area contributed by atoms with Crippen molar-refractivity contribution in [2.75, 3.05) is 26.0 Å². The summed E-state index contributed by atoms with van der Waals surface area (Å²) in [5.74, 6) is -0.246. The molecule has 1 heterocycles. The predicted molar refractivity (Wildman–Crippen MR) is 56.4 cm³/mol. The Morgan fingerprint density at radius 3 is 3.00 bits per heavy atom. The summed E-state index contributed by atoms with van der Waals surface area (Å²) in [7, 11) is 3.34. The van der Waals surface area contributed by atoms with Gasteiger partial charge in [0.15, 0.2) is 5.69 Å². The maximum atomic E-state index is 11.5. The minimum atomic E-state index is -0.246. The second-order valence-electron chi connectivity index (χ2n) is 3.21. The van der Waals surface area contributed by atoms with E-state index in [0.29, 0.717) is 18.8 Å². The Labute approximate surface area is 88.4 Å². The summed E-state index contributed by atoms with van der Waals surface area (Å²) in [5, 5.41) is 6.67. The van der Waals surface area contributed by atoms with Crippen molar-refractivity contribution in [1.82, 2.24) is 15.1 Å². The normalized spacial score (nSPS) is 10.3. The summed E-state index contributed by atoms with van der Waals surface area (Å²) in [5.41, 5.74) is 6.27. The van der Waals surface area contributed by atoms with Crippen LogP contribution in [0.5, 0.6) is 0 Å². The summed E-state index contributed by atoms with van der Waals surface area (Å²) in [4.78, 5) is 11.5. The predicted octanol–water partition coefficient (Wildman–Crippen LogP) is -0.231. The molecule has 0 atom stereocenters. The summed E-state index contributed by atoms with van der Waals surface area (Å²) >= 11 is 0. The first-order valence-electron chi connectivity index (χ1n) is 4.71. The van der Waals surface area contributed by atoms with Gasteiger partial charge in [0, 0.05) is 33.5 Å². The Morgan fingerprint density at radius 2 is 2.47 bits per heavy atom. The van der Waals surface area contributed by atoms with Crippen LogP contribution in [0.3, 0.4) is 0 Å². The number of anilines is 1. The number of amides is 1. The summed E-state index contributed by atoms with van der Waals surface area (Å²) in [6.45, 7) is 1.18. The number of nitrogens with one attached hydrogen (secondary N) is 1. The quantitative estimate of drug-likeness (QED) is 0.660. The number of methoxy groups -OCH3 is 1. The van der Waals surface area contributed by atoms with E-state index < -0.39 is 0 Å². The third-order valence-electron chi connectivity index (χ3n) is 1.88. The van der Waals surface area contributed by atoms with Gasteiger partial charge in [-0.2, -0.15) is 5.10 Å². The number of hydrogen-bond donors (Lipinski definition) is 2. The summed E-state index contributed by atoms with van der Waals surface area (Å²) in [6.07, 6.45) is 2.37. The van der Waals surface area contributed by atoms with Crippen LogP contribution in [0.1, 0.15) is 16.9 Å². The molecule has 0 saturated heterocycles. The van der Waals surface area contributed by atoms with Gasteiger partial charge in [0.25, 0.3) is 5.91 Å². The molecule has 3 N–H and O–H groups in total. The van der Waals surface area contributed by atoms with Crippen molar-refractivity contribution in [2.24, 2.45) is 7.05 Å². The average molecular weight is 212 g/mol. The van der Waals surface area contributed by atoms with Gasteiger partial charge in [-0.1, -0.05) is 0 Å². The number of carbonyl (C=O) groups is 1. The Bertz CT molecular complexity index is 335. The van der Waals surface area contributed by atoms with E-state index in [2.05, 4.69) is 10.4 Å². The lowest BCUT2D eigenvalue weighted by atomic mass is 10.3. The van der Waals surface area contributed by atoms with Gasteiger partial charge in [0.1, 0.15) is 0 Å². The molecule has 6 heteroatoms. The van der Waals surface area contributed by atoms with Crippen molar-refractivity contribution in [1.29, 1.82) is 0 Å². The highest BCUT2D eigenvalue weighted by molar-refractivity contribution is 5.96. The zero-order valence-electron chi connectivity index (χ0n) is 8.99. The Kier molecular flexibility index (Phi) is 4.11. The minimum Gasteiger partial charge on any atom is -0.396 e. The molecule has 0 fully saturated rings. The molecule has 0 radical (unpaired) electrons. The van der Waals surface area contributed by atoms with Crippen LogP contribution in [0.4, 0.5) is 5.69 Å². The monoisotopic (exact) mass is 212 g/mol. The third-order valence-corrected chi connectivity index (χ3v) is 1.88. The fraction of sp³-hybridized carbons (Fsp3) is 0.556. The second kappa shape index (κ2) is 5.35. The largest absolute Gasteiger partial charge is 0.396 e. The first-order chi connectivity index (χ1) is 7.15. The molecule has 15 heavy (non-hydrogen) atoms. The molecule has 0 aliphatic heterocycles. The van der Waals surface area contributed by atoms with Gasteiger partial charge in [0.2, 0.25) is 0 Å². The topological polar surface area (TPSA) is 82.2 Å². The van der Waals surface area contributed by atoms with Crippen molar-refractivity contribution >= 4 is 11.6 Å². The maximum Gasteiger partial charge on any atom is 0.273 e. The molecular weight excluding hydrogens is 196 g/mol. The first-order valence-corrected chi connectivity index (χ1v) is 4.71. The number of hydrogen-bond acceptors (Lipinski definition) is 4. The number of nitrogen functional groups attached to an aromatic ring is 1. The molecule has 1 rings (SSSR count). The van der Waals surface area contributed by atoms with Crippen molar-refractivity contribution < 1.29 is 9.53 Å². The van der Waals surface area contributed by atoms with E-state index in [9.17, 15) is 4.79 Å². The molecule has 0 aromatic carbocycles. The van der Waals surface area contributed by atoms with E-state index in [4.69, 9.17) is 10.5 Å². The van der Waals surface area contributed by atoms with Crippen LogP contribution in [0.2, 0.25) is 0 Å². The van der Waals surface area contributed by atoms with E-state index >= 15 is 0 Å². The van der Waals surface area contributed by atoms with Gasteiger partial charge in [-0.25, -0.2) is 0 Å². The molecule has 1 amide bonds. The molecule has 0 aliphatic rings. The van der Waals surface area contributed by atoms with Crippen LogP contribution in [0, 0.1) is 0 Å². The van der Waals surface area contributed by atoms with E-state index in [0.717, 1.165) is 6.42 Å². The van der Waals surface area contributed by atoms with Gasteiger partial charge in [-0.05, 0) is 6.42 Å². The van der Waals surface area contributed by atoms with E-state index in [1.54, 1.807) is 20.4 Å². The Balaban J connectivity index is 2.43. The molecule has 0 saturated carbocycles. The van der Waals surface area contributed by atoms with Crippen LogP contribution in [0.25, 0.3) is 0 Å². The highest BCUT2D eigenvalue weighted by atomic mass is 16.5. The molecule has 0 spiro atoms. The molecular formula is C9H16N4O2. The van der Waals surface area contributed by atoms with Crippen LogP contribution < -0.4 is 11.1 Å². The molecule has 84 valence electrons. The van der Waals surface area contributed by atoms with Gasteiger partial charge in [-0.15, -0.1) is 0 Å². The van der Waals surface area contributed by atoms with Gasteiger partial charge in [0.05, 0.1) is 5.69 Å². The Morgan fingerprint density at radius 1 is 1.73 bits per heavy atom. The van der Waals surface area contributed by atoms with E-state index in [1.165, 1.54) is 4.68 Å². The van der Waals surface area contributed by atoms with Gasteiger partial charge < -0.3 is 15.8 Å². The lowest BCUT2D eigenvalue weighted by Gasteiger charge is -2.02. The van der Waals surface area contributed by atoms with E-state index in [-0.39, 0.29) is 11.6 Å². The number of rotatable bonds is 5. The van der Waals surface area contributed by atoms with Gasteiger partial charge >= 0.3 is 0 Å². The Hall–Kier alpha value is -1.56. The number of nitrogens with two attached hydrogens (primary N) is 1. The standard InChI is InChI=1S/C9H16N4O2/c1-13-6-7(10)8(12-13)9(14)11-4-3-5-15-2/h6H,3-5,10H2,1-2H3,(H,11,14). The number of nitrogens with zero attached hydrogens (tertiary/aromatic N) is 2. The second-order valence-corrected chi connectivity index (χ2v) is 3.21. The highest BCUT2D eigenvalue weighted by Gasteiger charge is 2.12. The SMILES string of the molecule is COCCCNC(=O)c1nn(C)cc1N. The van der Waals surface area contributed by atoms with Crippen molar-refractivity contribution in [3.05, 3.63) is 11.9 Å². The first kappa shape index (κ1) is 11.5. The zero-order chi connectivity index (χ0) is 11.3. The molecule has 0 aliphatic carbocycles. The molecule has 1 aromatic heterocycles. The number of aryl methyl sites for hydroxylation is 1. The smallest absolute Gasteiger partial charge is 0.273 e. The van der Waals surface area contributed by atoms with Crippen LogP contribution >= 0.6 is 0 Å². The molecule has 0 bridgehead atoms. The van der Waals surface area contributed by atoms with Crippen LogP contribution in [-0.4, -0.2) is 35.9 Å². The fourth-order valence-electron chi connectivity index (χ4n) is 1.19. The summed E-state index contributed by atoms with van der Waals surface area (Å²) in [6, 6.07) is 0. The zero-order valence-corrected chi connectivity index (χ0v) is 8.99. The number of carbonyl (C=O) groups excluding carboxylic acids is 1.